The number of rotatable bonds is 4. The summed E-state index contributed by atoms with van der Waals surface area (Å²) in [5.74, 6) is 1.16. The number of para-hydroxylation sites is 2. The van der Waals surface area contributed by atoms with Crippen molar-refractivity contribution in [3.05, 3.63) is 30.1 Å². The Balaban J connectivity index is 1.56. The van der Waals surface area contributed by atoms with Crippen LogP contribution in [0.25, 0.3) is 11.0 Å². The summed E-state index contributed by atoms with van der Waals surface area (Å²) in [4.78, 5) is 19.0. The van der Waals surface area contributed by atoms with Gasteiger partial charge in [0.2, 0.25) is 5.91 Å². The van der Waals surface area contributed by atoms with Crippen LogP contribution in [0.1, 0.15) is 33.0 Å². The lowest BCUT2D eigenvalue weighted by Crippen LogP contribution is -2.48. The number of aliphatic hydroxyl groups excluding tert-OH is 1. The molecule has 1 aromatic heterocycles. The zero-order chi connectivity index (χ0) is 18.9. The van der Waals surface area contributed by atoms with E-state index in [0.29, 0.717) is 13.1 Å². The highest BCUT2D eigenvalue weighted by molar-refractivity contribution is 5.81. The Kier molecular flexibility index (Phi) is 5.34. The van der Waals surface area contributed by atoms with Crippen molar-refractivity contribution in [3.8, 4) is 0 Å². The fourth-order valence-corrected chi connectivity index (χ4v) is 3.45. The maximum atomic E-state index is 12.0. The van der Waals surface area contributed by atoms with E-state index in [9.17, 15) is 9.90 Å². The van der Waals surface area contributed by atoms with E-state index in [4.69, 9.17) is 4.98 Å². The van der Waals surface area contributed by atoms with E-state index in [1.165, 1.54) is 0 Å². The van der Waals surface area contributed by atoms with Gasteiger partial charge >= 0.3 is 0 Å². The zero-order valence-corrected chi connectivity index (χ0v) is 16.2. The number of β-amino-alcohol motifs (C(OH)–C–C–N with tert-alkyl or cyclic N) is 1. The first-order valence-corrected chi connectivity index (χ1v) is 9.35. The van der Waals surface area contributed by atoms with Gasteiger partial charge in [0.25, 0.3) is 0 Å². The highest BCUT2D eigenvalue weighted by Crippen LogP contribution is 2.21. The molecule has 6 heteroatoms. The number of aromatic nitrogens is 2. The van der Waals surface area contributed by atoms with Crippen LogP contribution in [0.4, 0.5) is 0 Å². The van der Waals surface area contributed by atoms with Gasteiger partial charge in [-0.05, 0) is 25.1 Å². The van der Waals surface area contributed by atoms with Crippen molar-refractivity contribution in [2.45, 2.75) is 39.8 Å². The van der Waals surface area contributed by atoms with Gasteiger partial charge in [-0.1, -0.05) is 32.9 Å². The quantitative estimate of drug-likeness (QED) is 0.876. The van der Waals surface area contributed by atoms with Gasteiger partial charge in [0.1, 0.15) is 5.82 Å². The number of amides is 1. The smallest absolute Gasteiger partial charge is 0.225 e. The number of fused-ring (bicyclic) bond motifs is 1. The number of nitrogens with zero attached hydrogens (tertiary/aromatic N) is 3. The third-order valence-corrected chi connectivity index (χ3v) is 5.26. The van der Waals surface area contributed by atoms with Crippen molar-refractivity contribution in [2.24, 2.45) is 18.4 Å². The number of piperidine rings is 1. The Bertz CT molecular complexity index is 778. The Morgan fingerprint density at radius 1 is 1.35 bits per heavy atom. The summed E-state index contributed by atoms with van der Waals surface area (Å²) in [5, 5.41) is 13.5. The largest absolute Gasteiger partial charge is 0.391 e. The first-order valence-electron chi connectivity index (χ1n) is 9.35. The van der Waals surface area contributed by atoms with Crippen molar-refractivity contribution >= 4 is 16.9 Å². The summed E-state index contributed by atoms with van der Waals surface area (Å²) in [6.45, 7) is 8.48. The lowest BCUT2D eigenvalue weighted by molar-refractivity contribution is -0.129. The third kappa shape index (κ3) is 4.07. The minimum Gasteiger partial charge on any atom is -0.391 e. The molecule has 1 saturated heterocycles. The van der Waals surface area contributed by atoms with Crippen molar-refractivity contribution < 1.29 is 9.90 Å². The normalized spacial score (nSPS) is 21.9. The second kappa shape index (κ2) is 7.37. The molecule has 0 saturated carbocycles. The molecule has 1 aliphatic rings. The minimum absolute atomic E-state index is 0.0341. The molecular formula is C20H30N4O2. The number of hydrogen-bond acceptors (Lipinski definition) is 4. The van der Waals surface area contributed by atoms with Crippen LogP contribution in [-0.2, 0) is 18.4 Å². The number of benzene rings is 1. The number of aryl methyl sites for hydroxylation is 1. The summed E-state index contributed by atoms with van der Waals surface area (Å²) in [6, 6.07) is 8.12. The van der Waals surface area contributed by atoms with Crippen LogP contribution in [0.15, 0.2) is 24.3 Å². The molecule has 1 fully saturated rings. The molecule has 1 aliphatic heterocycles. The molecule has 0 aliphatic carbocycles. The van der Waals surface area contributed by atoms with E-state index in [0.717, 1.165) is 36.4 Å². The summed E-state index contributed by atoms with van der Waals surface area (Å²) >= 11 is 0. The number of nitrogens with one attached hydrogen (secondary N) is 1. The fourth-order valence-electron chi connectivity index (χ4n) is 3.45. The number of carbonyl (C=O) groups excluding carboxylic acids is 1. The van der Waals surface area contributed by atoms with E-state index in [1.54, 1.807) is 0 Å². The molecule has 1 aromatic carbocycles. The predicted octanol–water partition coefficient (Wildman–Crippen LogP) is 1.92. The lowest BCUT2D eigenvalue weighted by atomic mass is 9.92. The van der Waals surface area contributed by atoms with E-state index in [1.807, 2.05) is 46.0 Å². The van der Waals surface area contributed by atoms with Gasteiger partial charge in [0.05, 0.1) is 23.7 Å². The molecule has 2 atom stereocenters. The minimum atomic E-state index is -0.432. The van der Waals surface area contributed by atoms with Crippen LogP contribution < -0.4 is 5.32 Å². The van der Waals surface area contributed by atoms with E-state index >= 15 is 0 Å². The van der Waals surface area contributed by atoms with Crippen LogP contribution in [0, 0.1) is 11.3 Å². The van der Waals surface area contributed by atoms with Crippen molar-refractivity contribution in [1.82, 2.24) is 19.8 Å². The van der Waals surface area contributed by atoms with Crippen LogP contribution >= 0.6 is 0 Å². The molecule has 2 aromatic rings. The van der Waals surface area contributed by atoms with E-state index < -0.39 is 11.5 Å². The standard InChI is InChI=1S/C20H30N4O2/c1-20(2,3)19(26)21-11-14-9-10-24(12-17(14)25)13-18-22-15-7-5-6-8-16(15)23(18)4/h5-8,14,17,25H,9-13H2,1-4H3,(H,21,26)/t14-,17+/m0/s1. The van der Waals surface area contributed by atoms with Crippen LogP contribution in [0.2, 0.25) is 0 Å². The number of carbonyl (C=O) groups is 1. The fraction of sp³-hybridized carbons (Fsp3) is 0.600. The Morgan fingerprint density at radius 2 is 2.08 bits per heavy atom. The summed E-state index contributed by atoms with van der Waals surface area (Å²) in [6.07, 6.45) is 0.439. The van der Waals surface area contributed by atoms with Gasteiger partial charge in [0, 0.05) is 31.5 Å². The first kappa shape index (κ1) is 18.9. The maximum absolute atomic E-state index is 12.0. The topological polar surface area (TPSA) is 70.4 Å². The summed E-state index contributed by atoms with van der Waals surface area (Å²) in [7, 11) is 2.04. The molecule has 6 nitrogen and oxygen atoms in total. The molecule has 1 amide bonds. The van der Waals surface area contributed by atoms with Gasteiger partial charge < -0.3 is 15.0 Å². The van der Waals surface area contributed by atoms with Gasteiger partial charge in [0.15, 0.2) is 0 Å². The molecule has 0 spiro atoms. The monoisotopic (exact) mass is 358 g/mol. The number of likely N-dealkylation sites (tertiary alicyclic amines) is 1. The molecule has 26 heavy (non-hydrogen) atoms. The van der Waals surface area contributed by atoms with Crippen molar-refractivity contribution in [2.75, 3.05) is 19.6 Å². The SMILES string of the molecule is Cn1c(CN2CC[C@@H](CNC(=O)C(C)(C)C)[C@H](O)C2)nc2ccccc21. The van der Waals surface area contributed by atoms with Crippen LogP contribution in [0.3, 0.4) is 0 Å². The highest BCUT2D eigenvalue weighted by Gasteiger charge is 2.30. The van der Waals surface area contributed by atoms with E-state index in [2.05, 4.69) is 20.9 Å². The Hall–Kier alpha value is -1.92. The molecule has 3 rings (SSSR count). The summed E-state index contributed by atoms with van der Waals surface area (Å²) < 4.78 is 2.12. The maximum Gasteiger partial charge on any atom is 0.225 e. The van der Waals surface area contributed by atoms with Gasteiger partial charge in [-0.3, -0.25) is 9.69 Å². The van der Waals surface area contributed by atoms with Gasteiger partial charge in [-0.25, -0.2) is 4.98 Å². The molecule has 0 bridgehead atoms. The Labute approximate surface area is 155 Å². The van der Waals surface area contributed by atoms with E-state index in [-0.39, 0.29) is 11.8 Å². The average Bonchev–Trinajstić information content (AvgIpc) is 2.89. The molecule has 0 unspecified atom stereocenters. The van der Waals surface area contributed by atoms with Crippen molar-refractivity contribution in [1.29, 1.82) is 0 Å². The molecule has 0 radical (unpaired) electrons. The Morgan fingerprint density at radius 3 is 2.73 bits per heavy atom. The number of hydrogen-bond donors (Lipinski definition) is 2. The molecule has 2 heterocycles. The highest BCUT2D eigenvalue weighted by atomic mass is 16.3. The number of imidazole rings is 1. The molecule has 142 valence electrons. The molecule has 2 N–H and O–H groups in total. The number of aliphatic hydroxyl groups is 1. The second-order valence-corrected chi connectivity index (χ2v) is 8.39. The van der Waals surface area contributed by atoms with Crippen molar-refractivity contribution in [3.63, 3.8) is 0 Å². The first-order chi connectivity index (χ1) is 12.3. The third-order valence-electron chi connectivity index (χ3n) is 5.26. The predicted molar refractivity (Wildman–Crippen MR) is 103 cm³/mol. The summed E-state index contributed by atoms with van der Waals surface area (Å²) in [5.41, 5.74) is 1.74. The average molecular weight is 358 g/mol. The second-order valence-electron chi connectivity index (χ2n) is 8.39. The van der Waals surface area contributed by atoms with Crippen LogP contribution in [0.5, 0.6) is 0 Å². The lowest BCUT2D eigenvalue weighted by Gasteiger charge is -2.36. The molecular weight excluding hydrogens is 328 g/mol. The van der Waals surface area contributed by atoms with Crippen LogP contribution in [-0.4, -0.2) is 51.2 Å². The zero-order valence-electron chi connectivity index (χ0n) is 16.2. The van der Waals surface area contributed by atoms with Gasteiger partial charge in [-0.15, -0.1) is 0 Å². The van der Waals surface area contributed by atoms with Gasteiger partial charge in [-0.2, -0.15) is 0 Å².